The summed E-state index contributed by atoms with van der Waals surface area (Å²) in [4.78, 5) is 30.0. The first-order valence-corrected chi connectivity index (χ1v) is 14.2. The zero-order chi connectivity index (χ0) is 32.3. The summed E-state index contributed by atoms with van der Waals surface area (Å²) in [5, 5.41) is 18.6. The van der Waals surface area contributed by atoms with Gasteiger partial charge in [-0.1, -0.05) is 6.92 Å². The van der Waals surface area contributed by atoms with Gasteiger partial charge in [0.25, 0.3) is 5.91 Å². The van der Waals surface area contributed by atoms with Crippen LogP contribution in [0.4, 0.5) is 17.6 Å². The topological polar surface area (TPSA) is 142 Å². The number of halogens is 4. The average molecular weight is 628 g/mol. The number of primary amides is 1. The largest absolute Gasteiger partial charge is 0.494 e. The maximum atomic E-state index is 14.8. The first kappa shape index (κ1) is 30.3. The van der Waals surface area contributed by atoms with Crippen molar-refractivity contribution >= 4 is 22.7 Å². The van der Waals surface area contributed by atoms with Gasteiger partial charge in [-0.15, -0.1) is 0 Å². The summed E-state index contributed by atoms with van der Waals surface area (Å²) >= 11 is 0. The molecule has 4 aromatic rings. The van der Waals surface area contributed by atoms with E-state index in [2.05, 4.69) is 15.4 Å². The second-order valence-corrected chi connectivity index (χ2v) is 11.3. The molecule has 0 radical (unpaired) electrons. The van der Waals surface area contributed by atoms with E-state index in [-0.39, 0.29) is 53.0 Å². The third kappa shape index (κ3) is 5.02. The number of nitrogens with zero attached hydrogens (tertiary/aromatic N) is 3. The molecule has 1 saturated carbocycles. The van der Waals surface area contributed by atoms with Crippen LogP contribution in [0.5, 0.6) is 11.5 Å². The van der Waals surface area contributed by atoms with E-state index in [9.17, 15) is 32.3 Å². The van der Waals surface area contributed by atoms with Crippen molar-refractivity contribution in [2.75, 3.05) is 20.3 Å². The Balaban J connectivity index is 1.41. The molecule has 0 spiro atoms. The van der Waals surface area contributed by atoms with Gasteiger partial charge in [0.05, 0.1) is 25.4 Å². The zero-order valence-electron chi connectivity index (χ0n) is 24.2. The van der Waals surface area contributed by atoms with Crippen LogP contribution >= 0.6 is 0 Å². The monoisotopic (exact) mass is 627 g/mol. The van der Waals surface area contributed by atoms with Gasteiger partial charge in [-0.3, -0.25) is 14.3 Å². The number of amides is 2. The lowest BCUT2D eigenvalue weighted by molar-refractivity contribution is -0.265. The van der Waals surface area contributed by atoms with Gasteiger partial charge in [0.1, 0.15) is 40.5 Å². The van der Waals surface area contributed by atoms with Crippen LogP contribution in [0.15, 0.2) is 48.7 Å². The first-order chi connectivity index (χ1) is 21.3. The molecular weight excluding hydrogens is 598 g/mol. The van der Waals surface area contributed by atoms with Crippen molar-refractivity contribution in [3.63, 3.8) is 0 Å². The Morgan fingerprint density at radius 1 is 1.20 bits per heavy atom. The van der Waals surface area contributed by atoms with Gasteiger partial charge in [-0.05, 0) is 61.7 Å². The Hall–Kier alpha value is -4.72. The summed E-state index contributed by atoms with van der Waals surface area (Å²) in [5.41, 5.74) is 0.0628. The number of nitrogens with two attached hydrogens (primary N) is 1. The third-order valence-electron chi connectivity index (χ3n) is 8.54. The number of carbonyl (C=O) groups excluding carboxylic acids is 2. The lowest BCUT2D eigenvalue weighted by atomic mass is 9.78. The minimum absolute atomic E-state index is 0.00121. The fourth-order valence-corrected chi connectivity index (χ4v) is 5.57. The smallest absolute Gasteiger partial charge is 0.424 e. The van der Waals surface area contributed by atoms with Gasteiger partial charge in [-0.25, -0.2) is 9.37 Å². The normalized spacial score (nSPS) is 19.1. The molecule has 0 saturated heterocycles. The van der Waals surface area contributed by atoms with Gasteiger partial charge in [0, 0.05) is 28.3 Å². The Kier molecular flexibility index (Phi) is 7.22. The molecule has 1 fully saturated rings. The summed E-state index contributed by atoms with van der Waals surface area (Å²) < 4.78 is 71.0. The molecule has 3 heterocycles. The minimum atomic E-state index is -5.35. The van der Waals surface area contributed by atoms with Crippen LogP contribution in [0.25, 0.3) is 22.2 Å². The van der Waals surface area contributed by atoms with E-state index in [1.807, 2.05) is 0 Å². The van der Waals surface area contributed by atoms with E-state index in [1.54, 1.807) is 17.8 Å². The second kappa shape index (κ2) is 10.7. The number of nitrogens with one attached hydrogen (secondary N) is 1. The molecule has 2 atom stereocenters. The molecule has 2 aromatic carbocycles. The summed E-state index contributed by atoms with van der Waals surface area (Å²) in [7, 11) is 1.39. The van der Waals surface area contributed by atoms with E-state index < -0.39 is 47.1 Å². The highest BCUT2D eigenvalue weighted by Gasteiger charge is 2.58. The fraction of sp³-hybridized carbons (Fsp3) is 0.355. The van der Waals surface area contributed by atoms with Crippen LogP contribution in [-0.2, 0) is 15.8 Å². The highest BCUT2D eigenvalue weighted by Crippen LogP contribution is 2.49. The highest BCUT2D eigenvalue weighted by atomic mass is 19.4. The van der Waals surface area contributed by atoms with E-state index in [0.29, 0.717) is 10.9 Å². The molecule has 236 valence electrons. The SMILES string of the molecule is CC[C@]1(C(N)=O)COc2c1cc(C(O)(CNC(=O)c1cc(OC)c3nn(C4CC4)cc3c1)C(F)(F)F)nc2-c1ccc(F)cc1. The molecule has 1 unspecified atom stereocenters. The Labute approximate surface area is 254 Å². The predicted molar refractivity (Wildman–Crippen MR) is 153 cm³/mol. The Morgan fingerprint density at radius 2 is 1.91 bits per heavy atom. The van der Waals surface area contributed by atoms with Crippen LogP contribution < -0.4 is 20.5 Å². The number of aliphatic hydroxyl groups is 1. The summed E-state index contributed by atoms with van der Waals surface area (Å²) in [5.74, 6) is -2.11. The number of pyridine rings is 1. The molecule has 6 rings (SSSR count). The molecule has 1 aliphatic heterocycles. The molecular formula is C31H29F4N5O5. The number of rotatable bonds is 9. The quantitative estimate of drug-likeness (QED) is 0.235. The molecule has 10 nitrogen and oxygen atoms in total. The first-order valence-electron chi connectivity index (χ1n) is 14.2. The highest BCUT2D eigenvalue weighted by molar-refractivity contribution is 6.00. The molecule has 2 aromatic heterocycles. The Bertz CT molecular complexity index is 1820. The maximum absolute atomic E-state index is 14.8. The number of fused-ring (bicyclic) bond motifs is 2. The van der Waals surface area contributed by atoms with Crippen molar-refractivity contribution in [3.05, 3.63) is 71.3 Å². The van der Waals surface area contributed by atoms with Crippen molar-refractivity contribution in [3.8, 4) is 22.8 Å². The summed E-state index contributed by atoms with van der Waals surface area (Å²) in [6.45, 7) is 0.0229. The Morgan fingerprint density at radius 3 is 2.51 bits per heavy atom. The van der Waals surface area contributed by atoms with Crippen LogP contribution in [0.1, 0.15) is 53.8 Å². The van der Waals surface area contributed by atoms with E-state index in [0.717, 1.165) is 31.0 Å². The predicted octanol–water partition coefficient (Wildman–Crippen LogP) is 4.29. The number of ether oxygens (including phenoxy) is 2. The van der Waals surface area contributed by atoms with E-state index >= 15 is 0 Å². The van der Waals surface area contributed by atoms with E-state index in [1.165, 1.54) is 31.4 Å². The zero-order valence-corrected chi connectivity index (χ0v) is 24.2. The number of hydrogen-bond acceptors (Lipinski definition) is 7. The van der Waals surface area contributed by atoms with Gasteiger partial charge in [-0.2, -0.15) is 18.3 Å². The van der Waals surface area contributed by atoms with Crippen molar-refractivity contribution in [1.29, 1.82) is 0 Å². The van der Waals surface area contributed by atoms with Crippen LogP contribution in [0.2, 0.25) is 0 Å². The minimum Gasteiger partial charge on any atom is -0.494 e. The van der Waals surface area contributed by atoms with Gasteiger partial charge in [0.2, 0.25) is 11.5 Å². The van der Waals surface area contributed by atoms with Crippen LogP contribution in [0.3, 0.4) is 0 Å². The number of benzene rings is 2. The molecule has 2 aliphatic rings. The second-order valence-electron chi connectivity index (χ2n) is 11.3. The van der Waals surface area contributed by atoms with Crippen molar-refractivity contribution in [1.82, 2.24) is 20.1 Å². The number of carbonyl (C=O) groups is 2. The molecule has 4 N–H and O–H groups in total. The number of hydrogen-bond donors (Lipinski definition) is 3. The van der Waals surface area contributed by atoms with Crippen molar-refractivity contribution < 1.29 is 41.7 Å². The molecule has 14 heteroatoms. The molecule has 2 amide bonds. The van der Waals surface area contributed by atoms with Gasteiger partial charge in [0.15, 0.2) is 0 Å². The van der Waals surface area contributed by atoms with Gasteiger partial charge < -0.3 is 25.6 Å². The van der Waals surface area contributed by atoms with Crippen LogP contribution in [-0.4, -0.2) is 58.1 Å². The number of aromatic nitrogens is 3. The van der Waals surface area contributed by atoms with E-state index in [4.69, 9.17) is 15.2 Å². The average Bonchev–Trinajstić information content (AvgIpc) is 3.65. The standard InChI is InChI=1S/C31H29F4N5O5/c1-3-29(28(36)42)15-45-26-21(29)12-23(38-25(26)16-4-6-19(32)7-5-16)30(43,31(33,34)35)14-37-27(41)17-10-18-13-40(20-8-9-20)39-24(18)22(11-17)44-2/h4-7,10-13,20,43H,3,8-9,14-15H2,1-2H3,(H2,36,42)(H,37,41)/t29-,30?/m0/s1. The third-order valence-corrected chi connectivity index (χ3v) is 8.54. The lowest BCUT2D eigenvalue weighted by Gasteiger charge is -2.32. The van der Waals surface area contributed by atoms with Crippen molar-refractivity contribution in [2.45, 2.75) is 49.4 Å². The number of alkyl halides is 3. The summed E-state index contributed by atoms with van der Waals surface area (Å²) in [6, 6.07) is 8.75. The van der Waals surface area contributed by atoms with Crippen molar-refractivity contribution in [2.24, 2.45) is 5.73 Å². The molecule has 45 heavy (non-hydrogen) atoms. The van der Waals surface area contributed by atoms with Gasteiger partial charge >= 0.3 is 6.18 Å². The maximum Gasteiger partial charge on any atom is 0.424 e. The summed E-state index contributed by atoms with van der Waals surface area (Å²) in [6.07, 6.45) is -1.61. The number of methoxy groups -OCH3 is 1. The molecule has 1 aliphatic carbocycles. The van der Waals surface area contributed by atoms with Crippen LogP contribution in [0, 0.1) is 5.82 Å². The molecule has 0 bridgehead atoms. The fourth-order valence-electron chi connectivity index (χ4n) is 5.57. The lowest BCUT2D eigenvalue weighted by Crippen LogP contribution is -2.52.